The molecule has 162 valence electrons. The van der Waals surface area contributed by atoms with Gasteiger partial charge < -0.3 is 14.8 Å². The highest BCUT2D eigenvalue weighted by molar-refractivity contribution is 7.15. The Morgan fingerprint density at radius 1 is 1.06 bits per heavy atom. The molecule has 0 spiro atoms. The Bertz CT molecular complexity index is 1230. The number of halogens is 1. The van der Waals surface area contributed by atoms with E-state index in [4.69, 9.17) is 14.5 Å². The maximum atomic E-state index is 12.6. The third-order valence-corrected chi connectivity index (χ3v) is 5.98. The zero-order valence-electron chi connectivity index (χ0n) is 17.8. The number of carbonyl (C=O) groups is 1. The first-order valence-corrected chi connectivity index (χ1v) is 10.4. The van der Waals surface area contributed by atoms with Crippen molar-refractivity contribution in [3.8, 4) is 22.8 Å². The van der Waals surface area contributed by atoms with Gasteiger partial charge in [-0.05, 0) is 43.2 Å². The van der Waals surface area contributed by atoms with Crippen molar-refractivity contribution in [2.45, 2.75) is 20.3 Å². The number of aromatic nitrogens is 2. The maximum Gasteiger partial charge on any atom is 0.230 e. The number of ether oxygens (including phenoxy) is 2. The fourth-order valence-corrected chi connectivity index (χ4v) is 4.15. The molecule has 0 aliphatic carbocycles. The minimum Gasteiger partial charge on any atom is -0.493 e. The van der Waals surface area contributed by atoms with E-state index >= 15 is 0 Å². The summed E-state index contributed by atoms with van der Waals surface area (Å²) in [5, 5.41) is 4.89. The molecule has 4 aromatic rings. The zero-order chi connectivity index (χ0) is 21.3. The summed E-state index contributed by atoms with van der Waals surface area (Å²) >= 11 is 1.53. The van der Waals surface area contributed by atoms with Crippen LogP contribution in [0.1, 0.15) is 16.8 Å². The van der Waals surface area contributed by atoms with E-state index in [2.05, 4.69) is 37.4 Å². The number of aryl methyl sites for hydroxylation is 2. The van der Waals surface area contributed by atoms with Gasteiger partial charge in [-0.1, -0.05) is 12.1 Å². The van der Waals surface area contributed by atoms with Crippen LogP contribution in [0.25, 0.3) is 16.2 Å². The number of anilines is 1. The Morgan fingerprint density at radius 3 is 2.55 bits per heavy atom. The molecule has 6 nitrogen and oxygen atoms in total. The monoisotopic (exact) mass is 457 g/mol. The molecule has 0 saturated carbocycles. The number of rotatable bonds is 6. The highest BCUT2D eigenvalue weighted by atomic mass is 35.5. The molecule has 0 radical (unpaired) electrons. The first-order chi connectivity index (χ1) is 14.5. The second kappa shape index (κ2) is 9.41. The van der Waals surface area contributed by atoms with E-state index in [9.17, 15) is 4.79 Å². The van der Waals surface area contributed by atoms with E-state index in [1.165, 1.54) is 22.5 Å². The van der Waals surface area contributed by atoms with E-state index in [1.54, 1.807) is 32.4 Å². The van der Waals surface area contributed by atoms with Crippen LogP contribution in [0, 0.1) is 13.8 Å². The van der Waals surface area contributed by atoms with Crippen molar-refractivity contribution in [1.29, 1.82) is 0 Å². The molecule has 0 bridgehead atoms. The topological polar surface area (TPSA) is 64.9 Å². The molecule has 2 aromatic heterocycles. The Balaban J connectivity index is 0.00000272. The van der Waals surface area contributed by atoms with Crippen molar-refractivity contribution >= 4 is 40.3 Å². The van der Waals surface area contributed by atoms with Crippen LogP contribution in [0.2, 0.25) is 0 Å². The van der Waals surface area contributed by atoms with Gasteiger partial charge in [0.2, 0.25) is 5.91 Å². The number of nitrogens with one attached hydrogen (secondary N) is 1. The average molecular weight is 458 g/mol. The van der Waals surface area contributed by atoms with Crippen molar-refractivity contribution in [3.63, 3.8) is 0 Å². The third-order valence-electron chi connectivity index (χ3n) is 5.10. The van der Waals surface area contributed by atoms with Gasteiger partial charge in [-0.2, -0.15) is 0 Å². The highest BCUT2D eigenvalue weighted by Gasteiger charge is 2.14. The summed E-state index contributed by atoms with van der Waals surface area (Å²) in [6, 6.07) is 11.6. The Morgan fingerprint density at radius 2 is 1.84 bits per heavy atom. The minimum atomic E-state index is -0.108. The predicted molar refractivity (Wildman–Crippen MR) is 127 cm³/mol. The third kappa shape index (κ3) is 4.68. The lowest BCUT2D eigenvalue weighted by Gasteiger charge is -2.10. The van der Waals surface area contributed by atoms with Crippen LogP contribution in [0.5, 0.6) is 11.5 Å². The summed E-state index contributed by atoms with van der Waals surface area (Å²) in [4.78, 5) is 18.2. The van der Waals surface area contributed by atoms with Crippen LogP contribution in [0.3, 0.4) is 0 Å². The van der Waals surface area contributed by atoms with Crippen molar-refractivity contribution in [2.24, 2.45) is 0 Å². The van der Waals surface area contributed by atoms with Crippen molar-refractivity contribution in [1.82, 2.24) is 9.38 Å². The molecule has 1 N–H and O–H groups in total. The van der Waals surface area contributed by atoms with Crippen LogP contribution in [-0.4, -0.2) is 29.5 Å². The van der Waals surface area contributed by atoms with Gasteiger partial charge in [-0.25, -0.2) is 4.98 Å². The summed E-state index contributed by atoms with van der Waals surface area (Å²) in [5.74, 6) is 1.08. The quantitative estimate of drug-likeness (QED) is 0.426. The molecular formula is C23H24ClN3O3S. The number of nitrogens with zero attached hydrogens (tertiary/aromatic N) is 2. The number of benzene rings is 2. The Labute approximate surface area is 191 Å². The predicted octanol–water partition coefficient (Wildman–Crippen LogP) is 5.30. The fraction of sp³-hybridized carbons (Fsp3) is 0.217. The molecule has 4 rings (SSSR count). The van der Waals surface area contributed by atoms with Crippen molar-refractivity contribution in [3.05, 3.63) is 64.8 Å². The fourth-order valence-electron chi connectivity index (χ4n) is 3.28. The smallest absolute Gasteiger partial charge is 0.230 e. The molecule has 0 atom stereocenters. The number of methoxy groups -OCH3 is 2. The number of fused-ring (bicyclic) bond motifs is 1. The zero-order valence-corrected chi connectivity index (χ0v) is 19.4. The molecule has 31 heavy (non-hydrogen) atoms. The van der Waals surface area contributed by atoms with Gasteiger partial charge in [0.1, 0.15) is 0 Å². The second-order valence-corrected chi connectivity index (χ2v) is 7.94. The summed E-state index contributed by atoms with van der Waals surface area (Å²) in [6.07, 6.45) is 2.24. The van der Waals surface area contributed by atoms with E-state index in [-0.39, 0.29) is 24.7 Å². The van der Waals surface area contributed by atoms with E-state index in [0.717, 1.165) is 21.9 Å². The molecule has 8 heteroatoms. The lowest BCUT2D eigenvalue weighted by molar-refractivity contribution is -0.115. The van der Waals surface area contributed by atoms with Gasteiger partial charge in [0.25, 0.3) is 0 Å². The van der Waals surface area contributed by atoms with Crippen LogP contribution < -0.4 is 14.8 Å². The number of amides is 1. The van der Waals surface area contributed by atoms with Gasteiger partial charge >= 0.3 is 0 Å². The summed E-state index contributed by atoms with van der Waals surface area (Å²) in [5.41, 5.74) is 6.04. The summed E-state index contributed by atoms with van der Waals surface area (Å²) < 4.78 is 12.5. The molecule has 2 aromatic carbocycles. The van der Waals surface area contributed by atoms with Crippen LogP contribution in [-0.2, 0) is 11.2 Å². The van der Waals surface area contributed by atoms with Gasteiger partial charge in [-0.15, -0.1) is 23.7 Å². The first kappa shape index (κ1) is 22.7. The standard InChI is InChI=1S/C23H23N3O3S.ClH/c1-14-5-6-16(9-15(14)2)19-12-26-18(13-30-23(26)25-19)11-22(27)24-17-7-8-20(28-3)21(10-17)29-4;/h5-10,12-13H,11H2,1-4H3,(H,24,27);1H. The molecule has 2 heterocycles. The first-order valence-electron chi connectivity index (χ1n) is 9.53. The molecule has 0 fully saturated rings. The number of carbonyl (C=O) groups excluding carboxylic acids is 1. The lowest BCUT2D eigenvalue weighted by atomic mass is 10.0. The molecule has 0 unspecified atom stereocenters. The van der Waals surface area contributed by atoms with E-state index in [1.807, 2.05) is 16.0 Å². The Hall–Kier alpha value is -3.03. The van der Waals surface area contributed by atoms with Crippen molar-refractivity contribution < 1.29 is 14.3 Å². The number of imidazole rings is 1. The van der Waals surface area contributed by atoms with Gasteiger partial charge in [0, 0.05) is 34.6 Å². The maximum absolute atomic E-state index is 12.6. The molecule has 0 aliphatic heterocycles. The van der Waals surface area contributed by atoms with Crippen LogP contribution >= 0.6 is 23.7 Å². The number of hydrogen-bond donors (Lipinski definition) is 1. The van der Waals surface area contributed by atoms with Crippen LogP contribution in [0.4, 0.5) is 5.69 Å². The number of thiazole rings is 1. The molecule has 0 saturated heterocycles. The SMILES string of the molecule is COc1ccc(NC(=O)Cc2csc3nc(-c4ccc(C)c(C)c4)cn23)cc1OC.Cl. The van der Waals surface area contributed by atoms with Crippen LogP contribution in [0.15, 0.2) is 48.0 Å². The van der Waals surface area contributed by atoms with Gasteiger partial charge in [0.05, 0.1) is 26.3 Å². The summed E-state index contributed by atoms with van der Waals surface area (Å²) in [6.45, 7) is 4.20. The van der Waals surface area contributed by atoms with E-state index in [0.29, 0.717) is 17.2 Å². The minimum absolute atomic E-state index is 0. The molecule has 1 amide bonds. The van der Waals surface area contributed by atoms with Gasteiger partial charge in [-0.3, -0.25) is 9.20 Å². The second-order valence-electron chi connectivity index (χ2n) is 7.10. The largest absolute Gasteiger partial charge is 0.493 e. The Kier molecular flexibility index (Phi) is 6.87. The normalized spacial score (nSPS) is 10.6. The van der Waals surface area contributed by atoms with Crippen molar-refractivity contribution in [2.75, 3.05) is 19.5 Å². The average Bonchev–Trinajstić information content (AvgIpc) is 3.32. The van der Waals surface area contributed by atoms with E-state index < -0.39 is 0 Å². The molecular weight excluding hydrogens is 434 g/mol. The van der Waals surface area contributed by atoms with Gasteiger partial charge in [0.15, 0.2) is 16.5 Å². The summed E-state index contributed by atoms with van der Waals surface area (Å²) in [7, 11) is 3.15. The molecule has 0 aliphatic rings. The lowest BCUT2D eigenvalue weighted by Crippen LogP contribution is -2.15. The number of hydrogen-bond acceptors (Lipinski definition) is 5. The highest BCUT2D eigenvalue weighted by Crippen LogP contribution is 2.30.